The third-order valence-corrected chi connectivity index (χ3v) is 2.18. The van der Waals surface area contributed by atoms with E-state index in [2.05, 4.69) is 0 Å². The molecule has 2 atom stereocenters. The molecule has 0 radical (unpaired) electrons. The summed E-state index contributed by atoms with van der Waals surface area (Å²) in [5, 5.41) is 9.03. The van der Waals surface area contributed by atoms with E-state index in [0.717, 1.165) is 0 Å². The number of aromatic nitrogens is 1. The standard InChI is InChI=1S/C9H13N3O2/c1-7(10)9(11,8(13)14)12-5-3-2-4-6-12/h2-7H,10-11H2,1H3/p+1. The van der Waals surface area contributed by atoms with Crippen molar-refractivity contribution in [3.63, 3.8) is 0 Å². The molecule has 1 aromatic heterocycles. The molecule has 5 N–H and O–H groups in total. The Labute approximate surface area is 82.0 Å². The van der Waals surface area contributed by atoms with Gasteiger partial charge >= 0.3 is 11.6 Å². The van der Waals surface area contributed by atoms with Crippen LogP contribution in [-0.4, -0.2) is 17.1 Å². The highest BCUT2D eigenvalue weighted by molar-refractivity contribution is 5.74. The number of nitrogens with zero attached hydrogens (tertiary/aromatic N) is 1. The van der Waals surface area contributed by atoms with Crippen LogP contribution < -0.4 is 16.0 Å². The van der Waals surface area contributed by atoms with Crippen molar-refractivity contribution < 1.29 is 14.5 Å². The highest BCUT2D eigenvalue weighted by atomic mass is 16.4. The summed E-state index contributed by atoms with van der Waals surface area (Å²) in [5.41, 5.74) is 9.72. The van der Waals surface area contributed by atoms with Crippen LogP contribution in [0, 0.1) is 0 Å². The smallest absolute Gasteiger partial charge is 0.395 e. The largest absolute Gasteiger partial charge is 0.475 e. The van der Waals surface area contributed by atoms with E-state index < -0.39 is 17.7 Å². The second kappa shape index (κ2) is 3.73. The molecule has 14 heavy (non-hydrogen) atoms. The van der Waals surface area contributed by atoms with E-state index in [1.165, 1.54) is 4.57 Å². The first kappa shape index (κ1) is 10.6. The average Bonchev–Trinajstić information content (AvgIpc) is 2.17. The Hall–Kier alpha value is -1.46. The van der Waals surface area contributed by atoms with E-state index in [0.29, 0.717) is 0 Å². The van der Waals surface area contributed by atoms with E-state index in [4.69, 9.17) is 16.6 Å². The van der Waals surface area contributed by atoms with Gasteiger partial charge in [-0.1, -0.05) is 6.07 Å². The SMILES string of the molecule is CC(N)C(N)(C(=O)O)[n+]1ccccc1. The highest BCUT2D eigenvalue weighted by Crippen LogP contribution is 2.04. The minimum atomic E-state index is -1.60. The van der Waals surface area contributed by atoms with E-state index >= 15 is 0 Å². The molecular formula is C9H14N3O2+. The average molecular weight is 196 g/mol. The second-order valence-electron chi connectivity index (χ2n) is 3.20. The summed E-state index contributed by atoms with van der Waals surface area (Å²) in [6.45, 7) is 1.56. The molecule has 0 saturated carbocycles. The number of hydrogen-bond donors (Lipinski definition) is 3. The highest BCUT2D eigenvalue weighted by Gasteiger charge is 2.48. The summed E-state index contributed by atoms with van der Waals surface area (Å²) in [6, 6.07) is 4.49. The molecule has 0 amide bonds. The van der Waals surface area contributed by atoms with Crippen LogP contribution in [0.1, 0.15) is 6.92 Å². The zero-order valence-corrected chi connectivity index (χ0v) is 7.92. The van der Waals surface area contributed by atoms with Gasteiger partial charge in [0.15, 0.2) is 12.4 Å². The van der Waals surface area contributed by atoms with Crippen LogP contribution in [0.15, 0.2) is 30.6 Å². The van der Waals surface area contributed by atoms with Crippen LogP contribution in [-0.2, 0) is 10.5 Å². The number of pyridine rings is 1. The Morgan fingerprint density at radius 2 is 1.93 bits per heavy atom. The third kappa shape index (κ3) is 1.59. The lowest BCUT2D eigenvalue weighted by Gasteiger charge is -2.22. The summed E-state index contributed by atoms with van der Waals surface area (Å²) >= 11 is 0. The molecule has 0 spiro atoms. The van der Waals surface area contributed by atoms with Crippen LogP contribution in [0.25, 0.3) is 0 Å². The molecule has 0 aliphatic heterocycles. The van der Waals surface area contributed by atoms with Crippen LogP contribution in [0.3, 0.4) is 0 Å². The lowest BCUT2D eigenvalue weighted by molar-refractivity contribution is -0.752. The van der Waals surface area contributed by atoms with Gasteiger partial charge in [-0.25, -0.2) is 4.79 Å². The Morgan fingerprint density at radius 1 is 1.43 bits per heavy atom. The van der Waals surface area contributed by atoms with Crippen molar-refractivity contribution in [2.75, 3.05) is 0 Å². The zero-order chi connectivity index (χ0) is 10.8. The lowest BCUT2D eigenvalue weighted by atomic mass is 10.0. The van der Waals surface area contributed by atoms with Crippen LogP contribution >= 0.6 is 0 Å². The summed E-state index contributed by atoms with van der Waals surface area (Å²) in [6.07, 6.45) is 3.16. The third-order valence-electron chi connectivity index (χ3n) is 2.18. The topological polar surface area (TPSA) is 93.2 Å². The molecule has 0 fully saturated rings. The fourth-order valence-corrected chi connectivity index (χ4v) is 1.19. The van der Waals surface area contributed by atoms with E-state index in [1.807, 2.05) is 0 Å². The number of nitrogens with two attached hydrogens (primary N) is 2. The zero-order valence-electron chi connectivity index (χ0n) is 7.92. The lowest BCUT2D eigenvalue weighted by Crippen LogP contribution is -2.74. The number of hydrogen-bond acceptors (Lipinski definition) is 3. The summed E-state index contributed by atoms with van der Waals surface area (Å²) < 4.78 is 1.39. The van der Waals surface area contributed by atoms with Crippen LogP contribution in [0.4, 0.5) is 0 Å². The fourth-order valence-electron chi connectivity index (χ4n) is 1.19. The molecule has 2 unspecified atom stereocenters. The minimum absolute atomic E-state index is 0.688. The van der Waals surface area contributed by atoms with E-state index in [9.17, 15) is 4.79 Å². The molecular weight excluding hydrogens is 182 g/mol. The molecule has 0 aromatic carbocycles. The molecule has 1 rings (SSSR count). The maximum atomic E-state index is 11.0. The van der Waals surface area contributed by atoms with Crippen molar-refractivity contribution in [1.82, 2.24) is 0 Å². The number of rotatable bonds is 3. The summed E-state index contributed by atoms with van der Waals surface area (Å²) in [5.74, 6) is -1.15. The van der Waals surface area contributed by atoms with Gasteiger partial charge in [0.2, 0.25) is 0 Å². The first-order chi connectivity index (χ1) is 6.49. The second-order valence-corrected chi connectivity index (χ2v) is 3.20. The van der Waals surface area contributed by atoms with Crippen molar-refractivity contribution in [2.24, 2.45) is 11.5 Å². The van der Waals surface area contributed by atoms with Crippen molar-refractivity contribution >= 4 is 5.97 Å². The van der Waals surface area contributed by atoms with Gasteiger partial charge in [0.25, 0.3) is 0 Å². The Bertz CT molecular complexity index is 326. The molecule has 0 bridgehead atoms. The summed E-state index contributed by atoms with van der Waals surface area (Å²) in [4.78, 5) is 11.0. The first-order valence-electron chi connectivity index (χ1n) is 4.24. The molecule has 5 heteroatoms. The van der Waals surface area contributed by atoms with Gasteiger partial charge in [0.05, 0.1) is 6.04 Å². The predicted octanol–water partition coefficient (Wildman–Crippen LogP) is -0.983. The van der Waals surface area contributed by atoms with Crippen molar-refractivity contribution in [3.8, 4) is 0 Å². The summed E-state index contributed by atoms with van der Waals surface area (Å²) in [7, 11) is 0. The molecule has 5 nitrogen and oxygen atoms in total. The Kier molecular flexibility index (Phi) is 2.83. The fraction of sp³-hybridized carbons (Fsp3) is 0.333. The Morgan fingerprint density at radius 3 is 2.29 bits per heavy atom. The first-order valence-corrected chi connectivity index (χ1v) is 4.24. The van der Waals surface area contributed by atoms with Gasteiger partial charge in [0, 0.05) is 12.1 Å². The monoisotopic (exact) mass is 196 g/mol. The molecule has 1 heterocycles. The van der Waals surface area contributed by atoms with Gasteiger partial charge in [-0.05, 0) is 6.92 Å². The van der Waals surface area contributed by atoms with Gasteiger partial charge in [-0.3, -0.25) is 5.73 Å². The van der Waals surface area contributed by atoms with Crippen molar-refractivity contribution in [1.29, 1.82) is 0 Å². The number of carboxylic acids is 1. The Balaban J connectivity index is 3.20. The van der Waals surface area contributed by atoms with Gasteiger partial charge < -0.3 is 10.8 Å². The van der Waals surface area contributed by atoms with Gasteiger partial charge in [0.1, 0.15) is 0 Å². The molecule has 76 valence electrons. The maximum Gasteiger partial charge on any atom is 0.395 e. The van der Waals surface area contributed by atoms with Crippen LogP contribution in [0.2, 0.25) is 0 Å². The van der Waals surface area contributed by atoms with E-state index in [1.54, 1.807) is 37.5 Å². The molecule has 1 aromatic rings. The molecule has 0 aliphatic rings. The normalized spacial score (nSPS) is 17.1. The van der Waals surface area contributed by atoms with Crippen LogP contribution in [0.5, 0.6) is 0 Å². The molecule has 0 aliphatic carbocycles. The number of aliphatic carboxylic acids is 1. The van der Waals surface area contributed by atoms with E-state index in [-0.39, 0.29) is 0 Å². The van der Waals surface area contributed by atoms with Gasteiger partial charge in [-0.15, -0.1) is 0 Å². The van der Waals surface area contributed by atoms with Crippen molar-refractivity contribution in [3.05, 3.63) is 30.6 Å². The predicted molar refractivity (Wildman–Crippen MR) is 50.1 cm³/mol. The number of carbonyl (C=O) groups is 1. The minimum Gasteiger partial charge on any atom is -0.475 e. The van der Waals surface area contributed by atoms with Crippen molar-refractivity contribution in [2.45, 2.75) is 18.6 Å². The van der Waals surface area contributed by atoms with Gasteiger partial charge in [-0.2, -0.15) is 4.57 Å². The quantitative estimate of drug-likeness (QED) is 0.541. The molecule has 0 saturated heterocycles. The maximum absolute atomic E-state index is 11.0. The number of carboxylic acid groups (broad SMARTS) is 1.